The Hall–Kier alpha value is -2.57. The van der Waals surface area contributed by atoms with Gasteiger partial charge in [0.2, 0.25) is 0 Å². The molecule has 23 heavy (non-hydrogen) atoms. The van der Waals surface area contributed by atoms with Gasteiger partial charge in [-0.15, -0.1) is 0 Å². The lowest BCUT2D eigenvalue weighted by Gasteiger charge is -2.20. The summed E-state index contributed by atoms with van der Waals surface area (Å²) in [7, 11) is 0. The summed E-state index contributed by atoms with van der Waals surface area (Å²) in [6.07, 6.45) is 1.65. The zero-order chi connectivity index (χ0) is 17.0. The van der Waals surface area contributed by atoms with Crippen molar-refractivity contribution in [2.75, 3.05) is 11.9 Å². The monoisotopic (exact) mass is 319 g/mol. The molecule has 0 saturated heterocycles. The fourth-order valence-electron chi connectivity index (χ4n) is 2.22. The molecule has 1 aliphatic carbocycles. The first kappa shape index (κ1) is 16.8. The minimum atomic E-state index is -1.03. The number of urea groups is 1. The molecule has 1 fully saturated rings. The third-order valence-corrected chi connectivity index (χ3v) is 3.34. The molecule has 0 aliphatic heterocycles. The number of aliphatic carboxylic acids is 1. The van der Waals surface area contributed by atoms with Crippen molar-refractivity contribution in [3.8, 4) is 0 Å². The summed E-state index contributed by atoms with van der Waals surface area (Å²) in [4.78, 5) is 36.5. The molecule has 3 N–H and O–H groups in total. The molecule has 1 aromatic rings. The highest BCUT2D eigenvalue weighted by atomic mass is 16.4. The van der Waals surface area contributed by atoms with Crippen LogP contribution >= 0.6 is 0 Å². The molecular weight excluding hydrogens is 298 g/mol. The van der Waals surface area contributed by atoms with E-state index in [1.807, 2.05) is 13.8 Å². The van der Waals surface area contributed by atoms with Crippen LogP contribution in [0.3, 0.4) is 0 Å². The Bertz CT molecular complexity index is 611. The number of benzene rings is 1. The van der Waals surface area contributed by atoms with Gasteiger partial charge < -0.3 is 20.6 Å². The van der Waals surface area contributed by atoms with Gasteiger partial charge in [0.25, 0.3) is 5.91 Å². The van der Waals surface area contributed by atoms with E-state index >= 15 is 0 Å². The van der Waals surface area contributed by atoms with Crippen LogP contribution in [0.4, 0.5) is 10.5 Å². The van der Waals surface area contributed by atoms with Crippen molar-refractivity contribution in [1.29, 1.82) is 0 Å². The summed E-state index contributed by atoms with van der Waals surface area (Å²) in [5, 5.41) is 14.3. The first-order valence-corrected chi connectivity index (χ1v) is 7.57. The molecule has 2 rings (SSSR count). The van der Waals surface area contributed by atoms with Gasteiger partial charge in [0.05, 0.1) is 0 Å². The first-order valence-electron chi connectivity index (χ1n) is 7.57. The average Bonchev–Trinajstić information content (AvgIpc) is 3.27. The number of carboxylic acid groups (broad SMARTS) is 1. The van der Waals surface area contributed by atoms with Gasteiger partial charge in [-0.3, -0.25) is 9.59 Å². The van der Waals surface area contributed by atoms with Crippen molar-refractivity contribution in [2.24, 2.45) is 0 Å². The Labute approximate surface area is 134 Å². The molecule has 0 aromatic heterocycles. The van der Waals surface area contributed by atoms with Crippen LogP contribution in [0.5, 0.6) is 0 Å². The molecule has 7 heteroatoms. The van der Waals surface area contributed by atoms with Gasteiger partial charge in [-0.2, -0.15) is 0 Å². The SMILES string of the molecule is CC(C)NC(=O)Nc1cccc(C(=O)N(CC(=O)O)C2CC2)c1. The van der Waals surface area contributed by atoms with E-state index in [9.17, 15) is 14.4 Å². The number of hydrogen-bond donors (Lipinski definition) is 3. The summed E-state index contributed by atoms with van der Waals surface area (Å²) in [5.74, 6) is -1.36. The second-order valence-electron chi connectivity index (χ2n) is 5.89. The number of nitrogens with zero attached hydrogens (tertiary/aromatic N) is 1. The summed E-state index contributed by atoms with van der Waals surface area (Å²) < 4.78 is 0. The smallest absolute Gasteiger partial charge is 0.323 e. The average molecular weight is 319 g/mol. The summed E-state index contributed by atoms with van der Waals surface area (Å²) in [5.41, 5.74) is 0.848. The molecule has 0 radical (unpaired) electrons. The third-order valence-electron chi connectivity index (χ3n) is 3.34. The van der Waals surface area contributed by atoms with Crippen LogP contribution < -0.4 is 10.6 Å². The molecule has 3 amide bonds. The first-order chi connectivity index (χ1) is 10.9. The zero-order valence-electron chi connectivity index (χ0n) is 13.2. The van der Waals surface area contributed by atoms with E-state index < -0.39 is 5.97 Å². The van der Waals surface area contributed by atoms with Crippen LogP contribution in [0.1, 0.15) is 37.0 Å². The van der Waals surface area contributed by atoms with Gasteiger partial charge in [-0.1, -0.05) is 6.07 Å². The van der Waals surface area contributed by atoms with Crippen molar-refractivity contribution >= 4 is 23.6 Å². The Morgan fingerprint density at radius 2 is 2.00 bits per heavy atom. The topological polar surface area (TPSA) is 98.7 Å². The minimum Gasteiger partial charge on any atom is -0.480 e. The van der Waals surface area contributed by atoms with E-state index in [4.69, 9.17) is 5.11 Å². The minimum absolute atomic E-state index is 0.000505. The van der Waals surface area contributed by atoms with Crippen molar-refractivity contribution in [3.63, 3.8) is 0 Å². The predicted octanol–water partition coefficient (Wildman–Crippen LogP) is 1.91. The molecular formula is C16H21N3O4. The second kappa shape index (κ2) is 7.13. The Morgan fingerprint density at radius 1 is 1.30 bits per heavy atom. The van der Waals surface area contributed by atoms with E-state index in [2.05, 4.69) is 10.6 Å². The molecule has 7 nitrogen and oxygen atoms in total. The number of anilines is 1. The van der Waals surface area contributed by atoms with Crippen LogP contribution in [0, 0.1) is 0 Å². The van der Waals surface area contributed by atoms with Crippen molar-refractivity contribution in [3.05, 3.63) is 29.8 Å². The van der Waals surface area contributed by atoms with E-state index in [1.165, 1.54) is 4.90 Å². The van der Waals surface area contributed by atoms with Gasteiger partial charge >= 0.3 is 12.0 Å². The van der Waals surface area contributed by atoms with Crippen LogP contribution in [-0.2, 0) is 4.79 Å². The fraction of sp³-hybridized carbons (Fsp3) is 0.438. The molecule has 1 aromatic carbocycles. The lowest BCUT2D eigenvalue weighted by molar-refractivity contribution is -0.137. The highest BCUT2D eigenvalue weighted by Gasteiger charge is 2.34. The maximum atomic E-state index is 12.5. The molecule has 0 bridgehead atoms. The largest absolute Gasteiger partial charge is 0.480 e. The number of carbonyl (C=O) groups excluding carboxylic acids is 2. The van der Waals surface area contributed by atoms with Gasteiger partial charge in [-0.05, 0) is 44.9 Å². The predicted molar refractivity (Wildman–Crippen MR) is 85.4 cm³/mol. The zero-order valence-corrected chi connectivity index (χ0v) is 13.2. The molecule has 0 atom stereocenters. The van der Waals surface area contributed by atoms with Crippen LogP contribution in [0.15, 0.2) is 24.3 Å². The maximum absolute atomic E-state index is 12.5. The third kappa shape index (κ3) is 4.98. The van der Waals surface area contributed by atoms with E-state index in [0.29, 0.717) is 11.3 Å². The van der Waals surface area contributed by atoms with Gasteiger partial charge in [0.1, 0.15) is 6.54 Å². The van der Waals surface area contributed by atoms with E-state index in [1.54, 1.807) is 24.3 Å². The summed E-state index contributed by atoms with van der Waals surface area (Å²) >= 11 is 0. The number of amides is 3. The molecule has 1 aliphatic rings. The second-order valence-corrected chi connectivity index (χ2v) is 5.89. The van der Waals surface area contributed by atoms with E-state index in [0.717, 1.165) is 12.8 Å². The summed E-state index contributed by atoms with van der Waals surface area (Å²) in [6, 6.07) is 6.15. The standard InChI is InChI=1S/C16H21N3O4/c1-10(2)17-16(23)18-12-5-3-4-11(8-12)15(22)19(9-14(20)21)13-6-7-13/h3-5,8,10,13H,6-7,9H2,1-2H3,(H,20,21)(H2,17,18,23). The Balaban J connectivity index is 2.09. The fourth-order valence-corrected chi connectivity index (χ4v) is 2.22. The molecule has 1 saturated carbocycles. The molecule has 124 valence electrons. The van der Waals surface area contributed by atoms with Crippen molar-refractivity contribution in [2.45, 2.75) is 38.8 Å². The van der Waals surface area contributed by atoms with Crippen LogP contribution in [0.25, 0.3) is 0 Å². The normalized spacial score (nSPS) is 13.5. The Morgan fingerprint density at radius 3 is 2.57 bits per heavy atom. The molecule has 0 unspecified atom stereocenters. The van der Waals surface area contributed by atoms with Crippen LogP contribution in [-0.4, -0.2) is 46.5 Å². The quantitative estimate of drug-likeness (QED) is 0.746. The van der Waals surface area contributed by atoms with Crippen molar-refractivity contribution < 1.29 is 19.5 Å². The molecule has 0 heterocycles. The number of rotatable bonds is 6. The van der Waals surface area contributed by atoms with Gasteiger partial charge in [-0.25, -0.2) is 4.79 Å². The molecule has 0 spiro atoms. The Kier molecular flexibility index (Phi) is 5.20. The number of carboxylic acids is 1. The van der Waals surface area contributed by atoms with Gasteiger partial charge in [0.15, 0.2) is 0 Å². The van der Waals surface area contributed by atoms with E-state index in [-0.39, 0.29) is 30.6 Å². The number of carbonyl (C=O) groups is 3. The lowest BCUT2D eigenvalue weighted by Crippen LogP contribution is -2.37. The van der Waals surface area contributed by atoms with Crippen molar-refractivity contribution in [1.82, 2.24) is 10.2 Å². The number of nitrogens with one attached hydrogen (secondary N) is 2. The highest BCUT2D eigenvalue weighted by molar-refractivity contribution is 5.98. The number of hydrogen-bond acceptors (Lipinski definition) is 3. The van der Waals surface area contributed by atoms with Crippen LogP contribution in [0.2, 0.25) is 0 Å². The maximum Gasteiger partial charge on any atom is 0.323 e. The summed E-state index contributed by atoms with van der Waals surface area (Å²) in [6.45, 7) is 3.38. The highest BCUT2D eigenvalue weighted by Crippen LogP contribution is 2.28. The lowest BCUT2D eigenvalue weighted by atomic mass is 10.1. The van der Waals surface area contributed by atoms with Gasteiger partial charge in [0, 0.05) is 23.3 Å².